The first kappa shape index (κ1) is 14.6. The van der Waals surface area contributed by atoms with Crippen molar-refractivity contribution < 1.29 is 4.79 Å². The van der Waals surface area contributed by atoms with Crippen LogP contribution >= 0.6 is 11.8 Å². The molecular formula is C14H18N4OS. The average molecular weight is 290 g/mol. The van der Waals surface area contributed by atoms with E-state index in [9.17, 15) is 4.79 Å². The third-order valence-corrected chi connectivity index (χ3v) is 3.79. The van der Waals surface area contributed by atoms with Gasteiger partial charge in [-0.15, -0.1) is 5.10 Å². The smallest absolute Gasteiger partial charge is 0.233 e. The fourth-order valence-corrected chi connectivity index (χ4v) is 2.53. The monoisotopic (exact) mass is 290 g/mol. The maximum atomic E-state index is 11.9. The number of benzene rings is 1. The summed E-state index contributed by atoms with van der Waals surface area (Å²) in [7, 11) is 0. The summed E-state index contributed by atoms with van der Waals surface area (Å²) in [6.45, 7) is 5.43. The molecule has 0 saturated heterocycles. The maximum Gasteiger partial charge on any atom is 0.233 e. The van der Waals surface area contributed by atoms with Crippen LogP contribution in [0.3, 0.4) is 0 Å². The van der Waals surface area contributed by atoms with Gasteiger partial charge in [-0.1, -0.05) is 42.1 Å². The average Bonchev–Trinajstić information content (AvgIpc) is 2.96. The minimum absolute atomic E-state index is 0.117. The molecule has 106 valence electrons. The van der Waals surface area contributed by atoms with Crippen LogP contribution in [-0.4, -0.2) is 44.8 Å². The lowest BCUT2D eigenvalue weighted by Crippen LogP contribution is -2.31. The van der Waals surface area contributed by atoms with Gasteiger partial charge in [0.25, 0.3) is 0 Å². The number of thioether (sulfide) groups is 1. The third kappa shape index (κ3) is 3.60. The summed E-state index contributed by atoms with van der Waals surface area (Å²) in [6, 6.07) is 9.80. The van der Waals surface area contributed by atoms with Crippen molar-refractivity contribution >= 4 is 17.7 Å². The first-order chi connectivity index (χ1) is 9.74. The van der Waals surface area contributed by atoms with Gasteiger partial charge in [0.1, 0.15) is 0 Å². The molecule has 0 aliphatic heterocycles. The van der Waals surface area contributed by atoms with Gasteiger partial charge in [0.15, 0.2) is 5.82 Å². The summed E-state index contributed by atoms with van der Waals surface area (Å²) in [4.78, 5) is 18.1. The Morgan fingerprint density at radius 3 is 2.60 bits per heavy atom. The Morgan fingerprint density at radius 2 is 1.95 bits per heavy atom. The molecule has 0 radical (unpaired) electrons. The van der Waals surface area contributed by atoms with Crippen LogP contribution in [0.25, 0.3) is 11.4 Å². The van der Waals surface area contributed by atoms with Crippen LogP contribution in [0.5, 0.6) is 0 Å². The van der Waals surface area contributed by atoms with Crippen molar-refractivity contribution in [1.82, 2.24) is 20.1 Å². The van der Waals surface area contributed by atoms with Gasteiger partial charge < -0.3 is 4.90 Å². The summed E-state index contributed by atoms with van der Waals surface area (Å²) in [5.74, 6) is 1.21. The highest BCUT2D eigenvalue weighted by Gasteiger charge is 2.12. The fraction of sp³-hybridized carbons (Fsp3) is 0.357. The SMILES string of the molecule is CCN(CC)C(=O)CSc1n[nH]c(-c2ccccc2)n1. The number of amides is 1. The Bertz CT molecular complexity index is 551. The third-order valence-electron chi connectivity index (χ3n) is 2.95. The van der Waals surface area contributed by atoms with Gasteiger partial charge >= 0.3 is 0 Å². The zero-order valence-electron chi connectivity index (χ0n) is 11.7. The number of nitrogens with zero attached hydrogens (tertiary/aromatic N) is 3. The van der Waals surface area contributed by atoms with Crippen LogP contribution in [0.2, 0.25) is 0 Å². The lowest BCUT2D eigenvalue weighted by molar-refractivity contribution is -0.127. The molecule has 1 heterocycles. The predicted molar refractivity (Wildman–Crippen MR) is 80.5 cm³/mol. The van der Waals surface area contributed by atoms with Crippen LogP contribution < -0.4 is 0 Å². The molecule has 0 unspecified atom stereocenters. The number of hydrogen-bond acceptors (Lipinski definition) is 4. The van der Waals surface area contributed by atoms with E-state index in [1.165, 1.54) is 11.8 Å². The summed E-state index contributed by atoms with van der Waals surface area (Å²) in [5, 5.41) is 7.63. The number of aromatic amines is 1. The highest BCUT2D eigenvalue weighted by atomic mass is 32.2. The second kappa shape index (κ2) is 7.09. The maximum absolute atomic E-state index is 11.9. The Balaban J connectivity index is 1.95. The van der Waals surface area contributed by atoms with Crippen LogP contribution in [0.15, 0.2) is 35.5 Å². The zero-order valence-corrected chi connectivity index (χ0v) is 12.5. The van der Waals surface area contributed by atoms with E-state index in [0.717, 1.165) is 24.5 Å². The Labute approximate surface area is 122 Å². The molecule has 6 heteroatoms. The van der Waals surface area contributed by atoms with Gasteiger partial charge in [0.05, 0.1) is 5.75 Å². The van der Waals surface area contributed by atoms with Gasteiger partial charge in [-0.3, -0.25) is 9.89 Å². The minimum Gasteiger partial charge on any atom is -0.343 e. The van der Waals surface area contributed by atoms with Crippen molar-refractivity contribution in [1.29, 1.82) is 0 Å². The molecule has 1 amide bonds. The van der Waals surface area contributed by atoms with Crippen molar-refractivity contribution in [2.75, 3.05) is 18.8 Å². The normalized spacial score (nSPS) is 10.5. The number of hydrogen-bond donors (Lipinski definition) is 1. The van der Waals surface area contributed by atoms with E-state index in [1.54, 1.807) is 4.90 Å². The van der Waals surface area contributed by atoms with Gasteiger partial charge in [0.2, 0.25) is 11.1 Å². The minimum atomic E-state index is 0.117. The summed E-state index contributed by atoms with van der Waals surface area (Å²) in [5.41, 5.74) is 0.988. The van der Waals surface area contributed by atoms with Crippen molar-refractivity contribution in [2.24, 2.45) is 0 Å². The molecule has 1 aromatic carbocycles. The first-order valence-corrected chi connectivity index (χ1v) is 7.61. The van der Waals surface area contributed by atoms with Crippen molar-refractivity contribution in [3.63, 3.8) is 0 Å². The lowest BCUT2D eigenvalue weighted by atomic mass is 10.2. The van der Waals surface area contributed by atoms with Gasteiger partial charge in [-0.05, 0) is 13.8 Å². The molecule has 20 heavy (non-hydrogen) atoms. The van der Waals surface area contributed by atoms with E-state index >= 15 is 0 Å². The van der Waals surface area contributed by atoms with Gasteiger partial charge in [-0.25, -0.2) is 4.98 Å². The summed E-state index contributed by atoms with van der Waals surface area (Å²) < 4.78 is 0. The highest BCUT2D eigenvalue weighted by molar-refractivity contribution is 7.99. The zero-order chi connectivity index (χ0) is 14.4. The molecule has 1 aromatic heterocycles. The van der Waals surface area contributed by atoms with Crippen LogP contribution in [0, 0.1) is 0 Å². The summed E-state index contributed by atoms with van der Waals surface area (Å²) in [6.07, 6.45) is 0. The van der Waals surface area contributed by atoms with E-state index < -0.39 is 0 Å². The summed E-state index contributed by atoms with van der Waals surface area (Å²) >= 11 is 1.36. The number of carbonyl (C=O) groups excluding carboxylic acids is 1. The second-order valence-electron chi connectivity index (χ2n) is 4.19. The second-order valence-corrected chi connectivity index (χ2v) is 5.13. The van der Waals surface area contributed by atoms with Gasteiger partial charge in [0, 0.05) is 18.7 Å². The molecule has 0 spiro atoms. The Hall–Kier alpha value is -1.82. The quantitative estimate of drug-likeness (QED) is 0.830. The molecule has 0 aliphatic rings. The number of nitrogens with one attached hydrogen (secondary N) is 1. The molecule has 0 bridgehead atoms. The molecule has 0 atom stereocenters. The van der Waals surface area contributed by atoms with E-state index in [4.69, 9.17) is 0 Å². The number of aromatic nitrogens is 3. The Kier molecular flexibility index (Phi) is 5.17. The molecule has 0 fully saturated rings. The van der Waals surface area contributed by atoms with E-state index in [2.05, 4.69) is 15.2 Å². The van der Waals surface area contributed by atoms with Gasteiger partial charge in [-0.2, -0.15) is 0 Å². The molecule has 2 aromatic rings. The molecule has 0 aliphatic carbocycles. The Morgan fingerprint density at radius 1 is 1.25 bits per heavy atom. The largest absolute Gasteiger partial charge is 0.343 e. The first-order valence-electron chi connectivity index (χ1n) is 6.63. The molecule has 0 saturated carbocycles. The van der Waals surface area contributed by atoms with E-state index in [1.807, 2.05) is 44.2 Å². The van der Waals surface area contributed by atoms with Crippen LogP contribution in [-0.2, 0) is 4.79 Å². The highest BCUT2D eigenvalue weighted by Crippen LogP contribution is 2.19. The van der Waals surface area contributed by atoms with E-state index in [0.29, 0.717) is 10.9 Å². The lowest BCUT2D eigenvalue weighted by Gasteiger charge is -2.17. The molecular weight excluding hydrogens is 272 g/mol. The number of H-pyrrole nitrogens is 1. The van der Waals surface area contributed by atoms with Crippen LogP contribution in [0.1, 0.15) is 13.8 Å². The van der Waals surface area contributed by atoms with Crippen LogP contribution in [0.4, 0.5) is 0 Å². The van der Waals surface area contributed by atoms with Crippen molar-refractivity contribution in [3.8, 4) is 11.4 Å². The van der Waals surface area contributed by atoms with E-state index in [-0.39, 0.29) is 5.91 Å². The molecule has 2 rings (SSSR count). The standard InChI is InChI=1S/C14H18N4OS/c1-3-18(4-2)12(19)10-20-14-15-13(16-17-14)11-8-6-5-7-9-11/h5-9H,3-4,10H2,1-2H3,(H,15,16,17). The predicted octanol–water partition coefficient (Wildman–Crippen LogP) is 2.43. The van der Waals surface area contributed by atoms with Crippen molar-refractivity contribution in [2.45, 2.75) is 19.0 Å². The topological polar surface area (TPSA) is 61.9 Å². The molecule has 5 nitrogen and oxygen atoms in total. The number of rotatable bonds is 6. The van der Waals surface area contributed by atoms with Crippen molar-refractivity contribution in [3.05, 3.63) is 30.3 Å². The molecule has 1 N–H and O–H groups in total. The fourth-order valence-electron chi connectivity index (χ4n) is 1.83. The number of carbonyl (C=O) groups is 1.